The molecule has 3 amide bonds. The monoisotopic (exact) mass is 272 g/mol. The number of nitrogens with one attached hydrogen (secondary N) is 1. The van der Waals surface area contributed by atoms with E-state index >= 15 is 0 Å². The van der Waals surface area contributed by atoms with Crippen LogP contribution in [0.5, 0.6) is 0 Å². The molecule has 0 saturated carbocycles. The molecule has 17 heavy (non-hydrogen) atoms. The van der Waals surface area contributed by atoms with Gasteiger partial charge in [0.05, 0.1) is 5.69 Å². The molecule has 1 unspecified atom stereocenters. The third kappa shape index (κ3) is 2.53. The lowest BCUT2D eigenvalue weighted by atomic mass is 10.1. The molecule has 0 radical (unpaired) electrons. The Bertz CT molecular complexity index is 452. The van der Waals surface area contributed by atoms with Crippen molar-refractivity contribution < 1.29 is 9.59 Å². The van der Waals surface area contributed by atoms with Gasteiger partial charge in [0.1, 0.15) is 0 Å². The van der Waals surface area contributed by atoms with Crippen LogP contribution in [0.25, 0.3) is 0 Å². The summed E-state index contributed by atoms with van der Waals surface area (Å²) < 4.78 is 0. The summed E-state index contributed by atoms with van der Waals surface area (Å²) in [5, 5.41) is 3.44. The van der Waals surface area contributed by atoms with Gasteiger partial charge in [-0.1, -0.05) is 23.2 Å². The number of amides is 3. The fourth-order valence-corrected chi connectivity index (χ4v) is 2.24. The fraction of sp³-hybridized carbons (Fsp3) is 0.273. The lowest BCUT2D eigenvalue weighted by Gasteiger charge is -2.29. The van der Waals surface area contributed by atoms with E-state index in [9.17, 15) is 9.59 Å². The maximum Gasteiger partial charge on any atom is 0.328 e. The SMILES string of the molecule is CC1CC(=O)N(c2cc(Cl)cc(Cl)c2)C(=O)N1. The van der Waals surface area contributed by atoms with Crippen LogP contribution in [0.15, 0.2) is 18.2 Å². The van der Waals surface area contributed by atoms with Crippen LogP contribution in [0.3, 0.4) is 0 Å². The molecule has 0 bridgehead atoms. The molecule has 1 saturated heterocycles. The first kappa shape index (κ1) is 12.2. The van der Waals surface area contributed by atoms with E-state index in [1.807, 2.05) is 0 Å². The van der Waals surface area contributed by atoms with Gasteiger partial charge in [-0.2, -0.15) is 0 Å². The molecular formula is C11H10Cl2N2O2. The van der Waals surface area contributed by atoms with Crippen LogP contribution in [0, 0.1) is 0 Å². The van der Waals surface area contributed by atoms with Crippen molar-refractivity contribution in [1.82, 2.24) is 5.32 Å². The molecule has 1 aliphatic heterocycles. The fourth-order valence-electron chi connectivity index (χ4n) is 1.72. The van der Waals surface area contributed by atoms with Crippen molar-refractivity contribution in [2.45, 2.75) is 19.4 Å². The Morgan fingerprint density at radius 3 is 2.35 bits per heavy atom. The van der Waals surface area contributed by atoms with E-state index in [1.54, 1.807) is 13.0 Å². The zero-order valence-corrected chi connectivity index (χ0v) is 10.5. The molecule has 6 heteroatoms. The van der Waals surface area contributed by atoms with Crippen molar-refractivity contribution in [1.29, 1.82) is 0 Å². The standard InChI is InChI=1S/C11H10Cl2N2O2/c1-6-2-10(16)15(11(17)14-6)9-4-7(12)3-8(13)5-9/h3-6H,2H2,1H3,(H,14,17). The van der Waals surface area contributed by atoms with Crippen molar-refractivity contribution in [2.24, 2.45) is 0 Å². The number of nitrogens with zero attached hydrogens (tertiary/aromatic N) is 1. The molecule has 1 heterocycles. The average Bonchev–Trinajstić information content (AvgIpc) is 2.13. The number of hydrogen-bond acceptors (Lipinski definition) is 2. The maximum absolute atomic E-state index is 11.8. The number of halogens is 2. The minimum atomic E-state index is -0.452. The Kier molecular flexibility index (Phi) is 3.26. The van der Waals surface area contributed by atoms with E-state index in [1.165, 1.54) is 12.1 Å². The third-order valence-electron chi connectivity index (χ3n) is 2.41. The Labute approximate surface area is 108 Å². The maximum atomic E-state index is 11.8. The number of urea groups is 1. The van der Waals surface area contributed by atoms with Gasteiger partial charge in [0.25, 0.3) is 0 Å². The second kappa shape index (κ2) is 4.55. The zero-order chi connectivity index (χ0) is 12.6. The molecule has 0 spiro atoms. The van der Waals surface area contributed by atoms with Gasteiger partial charge >= 0.3 is 6.03 Å². The molecule has 0 aromatic heterocycles. The summed E-state index contributed by atoms with van der Waals surface area (Å²) in [7, 11) is 0. The first-order valence-electron chi connectivity index (χ1n) is 5.07. The van der Waals surface area contributed by atoms with E-state index in [0.29, 0.717) is 15.7 Å². The number of hydrogen-bond donors (Lipinski definition) is 1. The van der Waals surface area contributed by atoms with Crippen molar-refractivity contribution in [3.63, 3.8) is 0 Å². The van der Waals surface area contributed by atoms with Gasteiger partial charge in [-0.25, -0.2) is 9.69 Å². The molecule has 90 valence electrons. The van der Waals surface area contributed by atoms with Gasteiger partial charge in [-0.3, -0.25) is 4.79 Å². The van der Waals surface area contributed by atoms with Gasteiger partial charge in [0, 0.05) is 22.5 Å². The molecule has 1 aromatic rings. The van der Waals surface area contributed by atoms with Gasteiger partial charge in [-0.15, -0.1) is 0 Å². The highest BCUT2D eigenvalue weighted by Crippen LogP contribution is 2.27. The van der Waals surface area contributed by atoms with E-state index in [2.05, 4.69) is 5.32 Å². The number of carbonyl (C=O) groups excluding carboxylic acids is 2. The van der Waals surface area contributed by atoms with E-state index < -0.39 is 6.03 Å². The number of benzene rings is 1. The summed E-state index contributed by atoms with van der Waals surface area (Å²) >= 11 is 11.7. The van der Waals surface area contributed by atoms with E-state index in [4.69, 9.17) is 23.2 Å². The lowest BCUT2D eigenvalue weighted by Crippen LogP contribution is -2.54. The summed E-state index contributed by atoms with van der Waals surface area (Å²) in [6, 6.07) is 4.00. The number of carbonyl (C=O) groups is 2. The average molecular weight is 273 g/mol. The van der Waals surface area contributed by atoms with Crippen molar-refractivity contribution >= 4 is 40.8 Å². The van der Waals surface area contributed by atoms with E-state index in [0.717, 1.165) is 4.90 Å². The minimum absolute atomic E-state index is 0.152. The summed E-state index contributed by atoms with van der Waals surface area (Å²) in [5.74, 6) is -0.264. The highest BCUT2D eigenvalue weighted by Gasteiger charge is 2.31. The molecule has 1 atom stereocenters. The van der Waals surface area contributed by atoms with Crippen LogP contribution in [0.4, 0.5) is 10.5 Å². The van der Waals surface area contributed by atoms with Crippen LogP contribution in [-0.2, 0) is 4.79 Å². The Balaban J connectivity index is 2.38. The summed E-state index contributed by atoms with van der Waals surface area (Å²) in [4.78, 5) is 24.6. The lowest BCUT2D eigenvalue weighted by molar-refractivity contribution is -0.118. The molecule has 0 aliphatic carbocycles. The second-order valence-corrected chi connectivity index (χ2v) is 4.78. The molecular weight excluding hydrogens is 263 g/mol. The molecule has 1 N–H and O–H groups in total. The van der Waals surface area contributed by atoms with Crippen molar-refractivity contribution in [3.8, 4) is 0 Å². The summed E-state index contributed by atoms with van der Waals surface area (Å²) in [6.45, 7) is 1.78. The number of imide groups is 1. The third-order valence-corrected chi connectivity index (χ3v) is 2.85. The first-order valence-corrected chi connectivity index (χ1v) is 5.82. The number of rotatable bonds is 1. The molecule has 1 fully saturated rings. The van der Waals surface area contributed by atoms with Gasteiger partial charge in [-0.05, 0) is 25.1 Å². The molecule has 4 nitrogen and oxygen atoms in total. The molecule has 1 aromatic carbocycles. The second-order valence-electron chi connectivity index (χ2n) is 3.91. The smallest absolute Gasteiger partial charge is 0.328 e. The van der Waals surface area contributed by atoms with Crippen molar-refractivity contribution in [3.05, 3.63) is 28.2 Å². The normalized spacial score (nSPS) is 20.4. The van der Waals surface area contributed by atoms with Gasteiger partial charge in [0.2, 0.25) is 5.91 Å². The summed E-state index contributed by atoms with van der Waals surface area (Å²) in [5.41, 5.74) is 0.386. The topological polar surface area (TPSA) is 49.4 Å². The van der Waals surface area contributed by atoms with E-state index in [-0.39, 0.29) is 18.4 Å². The van der Waals surface area contributed by atoms with Crippen LogP contribution < -0.4 is 10.2 Å². The predicted molar refractivity (Wildman–Crippen MR) is 66.6 cm³/mol. The van der Waals surface area contributed by atoms with Crippen LogP contribution >= 0.6 is 23.2 Å². The van der Waals surface area contributed by atoms with Gasteiger partial charge < -0.3 is 5.32 Å². The van der Waals surface area contributed by atoms with Crippen molar-refractivity contribution in [2.75, 3.05) is 4.90 Å². The quantitative estimate of drug-likeness (QED) is 0.855. The summed E-state index contributed by atoms with van der Waals surface area (Å²) in [6.07, 6.45) is 0.260. The Hall–Kier alpha value is -1.26. The minimum Gasteiger partial charge on any atom is -0.334 e. The highest BCUT2D eigenvalue weighted by atomic mass is 35.5. The molecule has 1 aliphatic rings. The highest BCUT2D eigenvalue weighted by molar-refractivity contribution is 6.35. The zero-order valence-electron chi connectivity index (χ0n) is 9.04. The van der Waals surface area contributed by atoms with Crippen LogP contribution in [-0.4, -0.2) is 18.0 Å². The largest absolute Gasteiger partial charge is 0.334 e. The predicted octanol–water partition coefficient (Wildman–Crippen LogP) is 2.83. The number of anilines is 1. The first-order chi connectivity index (χ1) is 7.97. The Morgan fingerprint density at radius 1 is 1.24 bits per heavy atom. The molecule has 2 rings (SSSR count). The van der Waals surface area contributed by atoms with Gasteiger partial charge in [0.15, 0.2) is 0 Å². The van der Waals surface area contributed by atoms with Crippen LogP contribution in [0.1, 0.15) is 13.3 Å². The van der Waals surface area contributed by atoms with Crippen LogP contribution in [0.2, 0.25) is 10.0 Å². The Morgan fingerprint density at radius 2 is 1.82 bits per heavy atom.